The van der Waals surface area contributed by atoms with Crippen molar-refractivity contribution in [3.05, 3.63) is 56.4 Å². The number of aromatic nitrogens is 1. The molecule has 1 N–H and O–H groups in total. The van der Waals surface area contributed by atoms with E-state index in [1.54, 1.807) is 29.2 Å². The second-order valence-electron chi connectivity index (χ2n) is 7.55. The van der Waals surface area contributed by atoms with Crippen LogP contribution in [-0.2, 0) is 21.5 Å². The summed E-state index contributed by atoms with van der Waals surface area (Å²) in [6, 6.07) is 7.55. The Balaban J connectivity index is 1.70. The number of aliphatic carboxylic acids is 1. The standard InChI is InChI=1S/C22H21ClN2O5S4/c1-2-14(11-20-25(13-21(26)27)22-18(33-20)6-8-31-22)10-19-24(7-3-9-34(28,29)30)16-12-15(23)4-5-17(16)32-19/h4-6,8,10-12H,2-3,7,9,13H2,1H3,(H-,26,27,28,29,30). The number of rotatable bonds is 9. The van der Waals surface area contributed by atoms with Gasteiger partial charge in [-0.25, -0.2) is 13.2 Å². The third-order valence-corrected chi connectivity index (χ3v) is 9.42. The number of halogens is 1. The van der Waals surface area contributed by atoms with Crippen LogP contribution >= 0.6 is 46.0 Å². The van der Waals surface area contributed by atoms with Gasteiger partial charge in [0.15, 0.2) is 0 Å². The molecular weight excluding hydrogens is 536 g/mol. The summed E-state index contributed by atoms with van der Waals surface area (Å²) in [6.07, 6.45) is 4.94. The molecule has 12 heteroatoms. The largest absolute Gasteiger partial charge is 0.748 e. The number of hydrogen-bond acceptors (Lipinski definition) is 8. The summed E-state index contributed by atoms with van der Waals surface area (Å²) in [4.78, 5) is 15.4. The van der Waals surface area contributed by atoms with Crippen molar-refractivity contribution < 1.29 is 27.4 Å². The van der Waals surface area contributed by atoms with E-state index in [0.717, 1.165) is 35.7 Å². The van der Waals surface area contributed by atoms with Crippen LogP contribution in [0.3, 0.4) is 0 Å². The average molecular weight is 557 g/mol. The fraction of sp³-hybridized carbons (Fsp3) is 0.273. The molecule has 1 aromatic carbocycles. The minimum Gasteiger partial charge on any atom is -0.748 e. The van der Waals surface area contributed by atoms with Crippen LogP contribution in [0.25, 0.3) is 15.6 Å². The predicted octanol–water partition coefficient (Wildman–Crippen LogP) is 5.17. The van der Waals surface area contributed by atoms with E-state index in [4.69, 9.17) is 11.6 Å². The summed E-state index contributed by atoms with van der Waals surface area (Å²) in [5.41, 5.74) is 1.87. The number of thioether (sulfide) groups is 1. The zero-order valence-electron chi connectivity index (χ0n) is 18.1. The van der Waals surface area contributed by atoms with Crippen LogP contribution < -0.4 is 9.47 Å². The molecule has 0 spiro atoms. The number of thiazole rings is 1. The molecule has 0 saturated carbocycles. The van der Waals surface area contributed by atoms with Crippen LogP contribution in [0, 0.1) is 0 Å². The van der Waals surface area contributed by atoms with Gasteiger partial charge in [0.25, 0.3) is 9.84 Å². The number of carbonyl (C=O) groups is 1. The molecule has 1 aliphatic heterocycles. The molecule has 0 aliphatic carbocycles. The Morgan fingerprint density at radius 3 is 2.82 bits per heavy atom. The first-order chi connectivity index (χ1) is 16.1. The van der Waals surface area contributed by atoms with E-state index in [2.05, 4.69) is 0 Å². The number of fused-ring (bicyclic) bond motifs is 2. The first-order valence-electron chi connectivity index (χ1n) is 10.4. The average Bonchev–Trinajstić information content (AvgIpc) is 3.42. The van der Waals surface area contributed by atoms with Crippen molar-refractivity contribution in [3.63, 3.8) is 0 Å². The maximum atomic E-state index is 11.5. The fourth-order valence-corrected chi connectivity index (χ4v) is 7.65. The van der Waals surface area contributed by atoms with E-state index in [0.29, 0.717) is 18.0 Å². The van der Waals surface area contributed by atoms with Gasteiger partial charge in [0, 0.05) is 28.3 Å². The molecule has 3 heterocycles. The number of nitrogens with zero attached hydrogens (tertiary/aromatic N) is 2. The summed E-state index contributed by atoms with van der Waals surface area (Å²) >= 11 is 10.8. The summed E-state index contributed by atoms with van der Waals surface area (Å²) in [7, 11) is -4.30. The predicted molar refractivity (Wildman–Crippen MR) is 138 cm³/mol. The minimum atomic E-state index is -4.30. The van der Waals surface area contributed by atoms with Crippen LogP contribution in [0.4, 0.5) is 5.69 Å². The SMILES string of the molecule is CCC(=Cc1sc2ccsc2[n+]1CC(=O)O)C=C1Sc2ccc(Cl)cc2N1CCCS(=O)(=O)[O-]. The molecule has 0 saturated heterocycles. The Labute approximate surface area is 214 Å². The molecule has 1 aliphatic rings. The lowest BCUT2D eigenvalue weighted by molar-refractivity contribution is -0.655. The number of benzene rings is 1. The Hall–Kier alpha value is -1.89. The van der Waals surface area contributed by atoms with E-state index in [1.807, 2.05) is 52.1 Å². The summed E-state index contributed by atoms with van der Waals surface area (Å²) in [5, 5.41) is 13.7. The van der Waals surface area contributed by atoms with E-state index in [1.165, 1.54) is 11.3 Å². The summed E-state index contributed by atoms with van der Waals surface area (Å²) < 4.78 is 36.2. The lowest BCUT2D eigenvalue weighted by Gasteiger charge is -2.21. The number of allylic oxidation sites excluding steroid dienone is 2. The zero-order chi connectivity index (χ0) is 24.5. The smallest absolute Gasteiger partial charge is 0.370 e. The van der Waals surface area contributed by atoms with Crippen LogP contribution in [0.2, 0.25) is 5.02 Å². The molecule has 2 aromatic heterocycles. The van der Waals surface area contributed by atoms with Crippen molar-refractivity contribution in [2.75, 3.05) is 17.2 Å². The van der Waals surface area contributed by atoms with Crippen molar-refractivity contribution in [2.45, 2.75) is 31.2 Å². The Bertz CT molecular complexity index is 1410. The van der Waals surface area contributed by atoms with Crippen molar-refractivity contribution in [2.24, 2.45) is 0 Å². The van der Waals surface area contributed by atoms with E-state index in [9.17, 15) is 22.9 Å². The second kappa shape index (κ2) is 10.4. The molecule has 0 atom stereocenters. The molecule has 0 radical (unpaired) electrons. The zero-order valence-corrected chi connectivity index (χ0v) is 22.1. The van der Waals surface area contributed by atoms with Crippen molar-refractivity contribution >= 4 is 83.4 Å². The third kappa shape index (κ3) is 5.84. The topological polar surface area (TPSA) is 102 Å². The van der Waals surface area contributed by atoms with Crippen molar-refractivity contribution in [1.29, 1.82) is 0 Å². The number of carboxylic acids is 1. The molecule has 34 heavy (non-hydrogen) atoms. The van der Waals surface area contributed by atoms with Crippen molar-refractivity contribution in [1.82, 2.24) is 0 Å². The third-order valence-electron chi connectivity index (χ3n) is 5.12. The van der Waals surface area contributed by atoms with Gasteiger partial charge in [-0.3, -0.25) is 0 Å². The number of thiophene rings is 1. The molecule has 180 valence electrons. The van der Waals surface area contributed by atoms with Crippen LogP contribution in [0.15, 0.2) is 51.2 Å². The number of hydrogen-bond donors (Lipinski definition) is 1. The second-order valence-corrected chi connectivity index (χ2v) is 12.5. The van der Waals surface area contributed by atoms with Gasteiger partial charge < -0.3 is 14.6 Å². The molecule has 0 amide bonds. The van der Waals surface area contributed by atoms with Gasteiger partial charge in [0.05, 0.1) is 20.8 Å². The lowest BCUT2D eigenvalue weighted by atomic mass is 10.2. The quantitative estimate of drug-likeness (QED) is 0.286. The highest BCUT2D eigenvalue weighted by Crippen LogP contribution is 2.47. The molecule has 7 nitrogen and oxygen atoms in total. The molecule has 4 rings (SSSR count). The number of anilines is 1. The van der Waals surface area contributed by atoms with Gasteiger partial charge in [-0.1, -0.05) is 53.0 Å². The molecule has 0 bridgehead atoms. The number of carboxylic acid groups (broad SMARTS) is 1. The van der Waals surface area contributed by atoms with E-state index >= 15 is 0 Å². The van der Waals surface area contributed by atoms with Crippen molar-refractivity contribution in [3.8, 4) is 0 Å². The Morgan fingerprint density at radius 1 is 1.32 bits per heavy atom. The summed E-state index contributed by atoms with van der Waals surface area (Å²) in [5.74, 6) is -1.34. The summed E-state index contributed by atoms with van der Waals surface area (Å²) in [6.45, 7) is 2.27. The maximum Gasteiger partial charge on any atom is 0.370 e. The van der Waals surface area contributed by atoms with Gasteiger partial charge in [-0.05, 0) is 54.1 Å². The van der Waals surface area contributed by atoms with Crippen LogP contribution in [-0.4, -0.2) is 36.3 Å². The Kier molecular flexibility index (Phi) is 7.70. The molecule has 0 fully saturated rings. The van der Waals surface area contributed by atoms with Gasteiger partial charge in [-0.15, -0.1) is 0 Å². The first-order valence-corrected chi connectivity index (χ1v) is 14.8. The van der Waals surface area contributed by atoms with Gasteiger partial charge in [0.2, 0.25) is 6.54 Å². The highest BCUT2D eigenvalue weighted by atomic mass is 35.5. The molecule has 0 unspecified atom stereocenters. The highest BCUT2D eigenvalue weighted by molar-refractivity contribution is 8.03. The highest BCUT2D eigenvalue weighted by Gasteiger charge is 2.27. The molecule has 3 aromatic rings. The van der Waals surface area contributed by atoms with Gasteiger partial charge >= 0.3 is 5.97 Å². The first kappa shape index (κ1) is 25.2. The Morgan fingerprint density at radius 2 is 2.12 bits per heavy atom. The normalized spacial score (nSPS) is 15.4. The van der Waals surface area contributed by atoms with E-state index in [-0.39, 0.29) is 13.0 Å². The monoisotopic (exact) mass is 556 g/mol. The molecular formula is C22H21ClN2O5S4. The van der Waals surface area contributed by atoms with Gasteiger partial charge in [-0.2, -0.15) is 4.57 Å². The lowest BCUT2D eigenvalue weighted by Crippen LogP contribution is -2.38. The minimum absolute atomic E-state index is 0.117. The van der Waals surface area contributed by atoms with Crippen LogP contribution in [0.5, 0.6) is 0 Å². The van der Waals surface area contributed by atoms with Gasteiger partial charge in [0.1, 0.15) is 4.70 Å². The van der Waals surface area contributed by atoms with E-state index < -0.39 is 21.8 Å². The fourth-order valence-electron chi connectivity index (χ4n) is 3.60. The maximum absolute atomic E-state index is 11.5. The van der Waals surface area contributed by atoms with Crippen LogP contribution in [0.1, 0.15) is 24.8 Å².